The van der Waals surface area contributed by atoms with Crippen LogP contribution in [-0.2, 0) is 4.79 Å². The Labute approximate surface area is 83.3 Å². The van der Waals surface area contributed by atoms with Gasteiger partial charge >= 0.3 is 0 Å². The second kappa shape index (κ2) is 4.76. The quantitative estimate of drug-likeness (QED) is 0.706. The highest BCUT2D eigenvalue weighted by Gasteiger charge is 2.14. The maximum Gasteiger partial charge on any atom is 0.244 e. The van der Waals surface area contributed by atoms with Crippen molar-refractivity contribution < 1.29 is 4.79 Å². The first-order valence-corrected chi connectivity index (χ1v) is 4.63. The number of aromatic nitrogens is 2. The number of hydrogen-bond acceptors (Lipinski definition) is 3. The molecule has 0 radical (unpaired) electrons. The van der Waals surface area contributed by atoms with Crippen LogP contribution in [0.4, 0.5) is 0 Å². The highest BCUT2D eigenvalue weighted by Crippen LogP contribution is 2.02. The van der Waals surface area contributed by atoms with Crippen LogP contribution in [-0.4, -0.2) is 28.3 Å². The highest BCUT2D eigenvalue weighted by atomic mass is 16.2. The number of nitrogens with two attached hydrogens (primary N) is 1. The number of nitrogens with zero attached hydrogens (tertiary/aromatic N) is 2. The van der Waals surface area contributed by atoms with Gasteiger partial charge in [0.1, 0.15) is 6.04 Å². The van der Waals surface area contributed by atoms with Gasteiger partial charge in [0.05, 0.1) is 0 Å². The van der Waals surface area contributed by atoms with Crippen molar-refractivity contribution in [3.63, 3.8) is 0 Å². The van der Waals surface area contributed by atoms with E-state index >= 15 is 0 Å². The fraction of sp³-hybridized carbons (Fsp3) is 0.556. The van der Waals surface area contributed by atoms with Crippen molar-refractivity contribution in [2.45, 2.75) is 25.9 Å². The number of carbonyl (C=O) groups excluding carboxylic acids is 1. The molecule has 5 heteroatoms. The average Bonchev–Trinajstić information content (AvgIpc) is 2.65. The molecular formula is C9H16N4O. The Kier molecular flexibility index (Phi) is 3.64. The normalized spacial score (nSPS) is 14.8. The molecule has 0 fully saturated rings. The molecule has 1 aromatic heterocycles. The molecule has 5 nitrogen and oxygen atoms in total. The topological polar surface area (TPSA) is 72.9 Å². The molecule has 1 heterocycles. The van der Waals surface area contributed by atoms with E-state index in [0.29, 0.717) is 6.54 Å². The van der Waals surface area contributed by atoms with Gasteiger partial charge in [0.15, 0.2) is 0 Å². The molecule has 2 atom stereocenters. The molecule has 2 unspecified atom stereocenters. The van der Waals surface area contributed by atoms with E-state index in [-0.39, 0.29) is 18.0 Å². The van der Waals surface area contributed by atoms with Crippen LogP contribution >= 0.6 is 0 Å². The van der Waals surface area contributed by atoms with Gasteiger partial charge in [-0.1, -0.05) is 0 Å². The molecule has 14 heavy (non-hydrogen) atoms. The third kappa shape index (κ3) is 2.85. The van der Waals surface area contributed by atoms with Gasteiger partial charge in [0, 0.05) is 25.0 Å². The lowest BCUT2D eigenvalue weighted by Crippen LogP contribution is -2.38. The van der Waals surface area contributed by atoms with Crippen molar-refractivity contribution in [3.8, 4) is 0 Å². The zero-order valence-corrected chi connectivity index (χ0v) is 8.47. The standard InChI is InChI=1S/C9H16N4O/c1-7(10)6-11-9(14)8(2)13-5-3-4-12-13/h3-5,7-8H,6,10H2,1-2H3,(H,11,14). The minimum Gasteiger partial charge on any atom is -0.353 e. The summed E-state index contributed by atoms with van der Waals surface area (Å²) in [6, 6.07) is 1.47. The molecule has 0 saturated heterocycles. The lowest BCUT2D eigenvalue weighted by Gasteiger charge is -2.13. The molecule has 1 aromatic rings. The second-order valence-electron chi connectivity index (χ2n) is 3.38. The van der Waals surface area contributed by atoms with Crippen LogP contribution in [0.15, 0.2) is 18.5 Å². The molecule has 0 bridgehead atoms. The molecule has 0 aromatic carbocycles. The van der Waals surface area contributed by atoms with E-state index in [1.165, 1.54) is 0 Å². The van der Waals surface area contributed by atoms with Crippen molar-refractivity contribution in [1.29, 1.82) is 0 Å². The Hall–Kier alpha value is -1.36. The van der Waals surface area contributed by atoms with E-state index in [2.05, 4.69) is 10.4 Å². The first-order valence-electron chi connectivity index (χ1n) is 4.63. The van der Waals surface area contributed by atoms with Gasteiger partial charge in [-0.2, -0.15) is 5.10 Å². The maximum atomic E-state index is 11.5. The van der Waals surface area contributed by atoms with Crippen LogP contribution in [0.1, 0.15) is 19.9 Å². The van der Waals surface area contributed by atoms with Crippen LogP contribution in [0.2, 0.25) is 0 Å². The Balaban J connectivity index is 2.45. The Bertz CT molecular complexity index is 281. The van der Waals surface area contributed by atoms with Gasteiger partial charge in [0.25, 0.3) is 0 Å². The van der Waals surface area contributed by atoms with E-state index in [9.17, 15) is 4.79 Å². The number of carbonyl (C=O) groups is 1. The predicted molar refractivity (Wildman–Crippen MR) is 53.6 cm³/mol. The van der Waals surface area contributed by atoms with Gasteiger partial charge in [-0.3, -0.25) is 9.48 Å². The SMILES string of the molecule is CC(N)CNC(=O)C(C)n1cccn1. The third-order valence-corrected chi connectivity index (χ3v) is 1.90. The van der Waals surface area contributed by atoms with Crippen LogP contribution < -0.4 is 11.1 Å². The van der Waals surface area contributed by atoms with Crippen molar-refractivity contribution >= 4 is 5.91 Å². The van der Waals surface area contributed by atoms with Crippen molar-refractivity contribution in [2.24, 2.45) is 5.73 Å². The molecule has 0 aliphatic carbocycles. The van der Waals surface area contributed by atoms with Crippen LogP contribution in [0.3, 0.4) is 0 Å². The van der Waals surface area contributed by atoms with E-state index in [1.807, 2.05) is 6.92 Å². The lowest BCUT2D eigenvalue weighted by molar-refractivity contribution is -0.124. The zero-order chi connectivity index (χ0) is 10.6. The maximum absolute atomic E-state index is 11.5. The zero-order valence-electron chi connectivity index (χ0n) is 8.47. The fourth-order valence-electron chi connectivity index (χ4n) is 1.04. The summed E-state index contributed by atoms with van der Waals surface area (Å²) in [5.41, 5.74) is 5.52. The largest absolute Gasteiger partial charge is 0.353 e. The fourth-order valence-corrected chi connectivity index (χ4v) is 1.04. The number of rotatable bonds is 4. The molecule has 0 saturated carbocycles. The van der Waals surface area contributed by atoms with E-state index < -0.39 is 0 Å². The van der Waals surface area contributed by atoms with Crippen molar-refractivity contribution in [1.82, 2.24) is 15.1 Å². The van der Waals surface area contributed by atoms with Gasteiger partial charge in [-0.15, -0.1) is 0 Å². The summed E-state index contributed by atoms with van der Waals surface area (Å²) in [5, 5.41) is 6.73. The summed E-state index contributed by atoms with van der Waals surface area (Å²) in [4.78, 5) is 11.5. The molecule has 1 rings (SSSR count). The van der Waals surface area contributed by atoms with Gasteiger partial charge in [0.2, 0.25) is 5.91 Å². The summed E-state index contributed by atoms with van der Waals surface area (Å²) in [6.07, 6.45) is 3.41. The summed E-state index contributed by atoms with van der Waals surface area (Å²) >= 11 is 0. The molecule has 1 amide bonds. The van der Waals surface area contributed by atoms with E-state index in [4.69, 9.17) is 5.73 Å². The molecule has 0 aliphatic heterocycles. The summed E-state index contributed by atoms with van der Waals surface area (Å²) in [6.45, 7) is 4.13. The molecular weight excluding hydrogens is 180 g/mol. The van der Waals surface area contributed by atoms with Gasteiger partial charge in [-0.25, -0.2) is 0 Å². The first kappa shape index (κ1) is 10.7. The van der Waals surface area contributed by atoms with Crippen molar-refractivity contribution in [3.05, 3.63) is 18.5 Å². The Morgan fingerprint density at radius 2 is 2.36 bits per heavy atom. The van der Waals surface area contributed by atoms with Gasteiger partial charge in [-0.05, 0) is 19.9 Å². The Morgan fingerprint density at radius 1 is 1.64 bits per heavy atom. The minimum absolute atomic E-state index is 0.0243. The van der Waals surface area contributed by atoms with Crippen LogP contribution in [0, 0.1) is 0 Å². The summed E-state index contributed by atoms with van der Waals surface area (Å²) in [7, 11) is 0. The average molecular weight is 196 g/mol. The van der Waals surface area contributed by atoms with Gasteiger partial charge < -0.3 is 11.1 Å². The lowest BCUT2D eigenvalue weighted by atomic mass is 10.3. The molecule has 0 aliphatic rings. The smallest absolute Gasteiger partial charge is 0.244 e. The van der Waals surface area contributed by atoms with Crippen LogP contribution in [0.5, 0.6) is 0 Å². The Morgan fingerprint density at radius 3 is 2.86 bits per heavy atom. The number of hydrogen-bond donors (Lipinski definition) is 2. The third-order valence-electron chi connectivity index (χ3n) is 1.90. The molecule has 78 valence electrons. The summed E-state index contributed by atoms with van der Waals surface area (Å²) < 4.78 is 1.61. The summed E-state index contributed by atoms with van der Waals surface area (Å²) in [5.74, 6) is -0.0639. The number of amides is 1. The van der Waals surface area contributed by atoms with Crippen LogP contribution in [0.25, 0.3) is 0 Å². The number of nitrogens with one attached hydrogen (secondary N) is 1. The first-order chi connectivity index (χ1) is 6.61. The monoisotopic (exact) mass is 196 g/mol. The van der Waals surface area contributed by atoms with Crippen molar-refractivity contribution in [2.75, 3.05) is 6.54 Å². The molecule has 3 N–H and O–H groups in total. The van der Waals surface area contributed by atoms with E-state index in [1.54, 1.807) is 30.1 Å². The predicted octanol–water partition coefficient (Wildman–Crippen LogP) is -0.0925. The van der Waals surface area contributed by atoms with E-state index in [0.717, 1.165) is 0 Å². The highest BCUT2D eigenvalue weighted by molar-refractivity contribution is 5.79. The molecule has 0 spiro atoms. The minimum atomic E-state index is -0.288. The second-order valence-corrected chi connectivity index (χ2v) is 3.38.